The molecular weight excluding hydrogens is 220 g/mol. The fourth-order valence-corrected chi connectivity index (χ4v) is 4.27. The Morgan fingerprint density at radius 1 is 1.38 bits per heavy atom. The van der Waals surface area contributed by atoms with E-state index in [-0.39, 0.29) is 5.97 Å². The number of carbonyl (C=O) groups excluding carboxylic acids is 1. The molecule has 94 valence electrons. The van der Waals surface area contributed by atoms with E-state index in [0.29, 0.717) is 24.7 Å². The lowest BCUT2D eigenvalue weighted by Gasteiger charge is -2.24. The predicted octanol–water partition coefficient (Wildman–Crippen LogP) is 2.98. The van der Waals surface area contributed by atoms with Crippen molar-refractivity contribution < 1.29 is 14.0 Å². The van der Waals surface area contributed by atoms with Crippen LogP contribution >= 0.6 is 0 Å². The smallest absolute Gasteiger partial charge is 0.335 e. The van der Waals surface area contributed by atoms with Gasteiger partial charge in [0.2, 0.25) is 0 Å². The molecule has 3 nitrogen and oxygen atoms in total. The monoisotopic (exact) mass is 244 g/mol. The Bertz CT molecular complexity index is 247. The first-order chi connectivity index (χ1) is 7.28. The summed E-state index contributed by atoms with van der Waals surface area (Å²) in [5, 5.41) is 0. The SMILES string of the molecule is C=C(CO[Si](C)(C)CC(C)C)C(=O)OCC. The summed E-state index contributed by atoms with van der Waals surface area (Å²) in [5.74, 6) is 0.273. The molecule has 0 rings (SSSR count). The van der Waals surface area contributed by atoms with Gasteiger partial charge in [-0.15, -0.1) is 0 Å². The van der Waals surface area contributed by atoms with Gasteiger partial charge in [0.15, 0.2) is 8.32 Å². The van der Waals surface area contributed by atoms with Gasteiger partial charge in [-0.3, -0.25) is 0 Å². The first kappa shape index (κ1) is 15.4. The lowest BCUT2D eigenvalue weighted by Crippen LogP contribution is -2.33. The van der Waals surface area contributed by atoms with Crippen LogP contribution in [0.2, 0.25) is 19.1 Å². The minimum Gasteiger partial charge on any atom is -0.463 e. The summed E-state index contributed by atoms with van der Waals surface area (Å²) in [5.41, 5.74) is 0.409. The molecule has 0 unspecified atom stereocenters. The highest BCUT2D eigenvalue weighted by molar-refractivity contribution is 6.71. The van der Waals surface area contributed by atoms with Crippen LogP contribution in [-0.2, 0) is 14.0 Å². The highest BCUT2D eigenvalue weighted by atomic mass is 28.4. The van der Waals surface area contributed by atoms with Gasteiger partial charge in [-0.25, -0.2) is 4.79 Å². The lowest BCUT2D eigenvalue weighted by molar-refractivity contribution is -0.138. The van der Waals surface area contributed by atoms with Crippen molar-refractivity contribution in [3.63, 3.8) is 0 Å². The zero-order valence-electron chi connectivity index (χ0n) is 11.1. The van der Waals surface area contributed by atoms with Crippen molar-refractivity contribution in [3.05, 3.63) is 12.2 Å². The van der Waals surface area contributed by atoms with E-state index in [1.165, 1.54) is 0 Å². The van der Waals surface area contributed by atoms with Crippen LogP contribution in [0.25, 0.3) is 0 Å². The number of rotatable bonds is 7. The summed E-state index contributed by atoms with van der Waals surface area (Å²) in [4.78, 5) is 11.3. The van der Waals surface area contributed by atoms with Gasteiger partial charge in [0, 0.05) is 0 Å². The Kier molecular flexibility index (Phi) is 6.60. The molecule has 0 aromatic heterocycles. The molecule has 4 heteroatoms. The maximum atomic E-state index is 11.3. The first-order valence-corrected chi connectivity index (χ1v) is 8.89. The van der Waals surface area contributed by atoms with E-state index in [1.807, 2.05) is 0 Å². The first-order valence-electron chi connectivity index (χ1n) is 5.77. The fourth-order valence-electron chi connectivity index (χ4n) is 1.62. The van der Waals surface area contributed by atoms with Gasteiger partial charge in [0.05, 0.1) is 18.8 Å². The summed E-state index contributed by atoms with van der Waals surface area (Å²) in [7, 11) is -1.67. The van der Waals surface area contributed by atoms with E-state index in [1.54, 1.807) is 6.92 Å². The van der Waals surface area contributed by atoms with Gasteiger partial charge in [0.1, 0.15) is 0 Å². The second kappa shape index (κ2) is 6.86. The summed E-state index contributed by atoms with van der Waals surface area (Å²) in [6.45, 7) is 14.8. The average Bonchev–Trinajstić information content (AvgIpc) is 2.12. The third-order valence-electron chi connectivity index (χ3n) is 2.10. The number of hydrogen-bond acceptors (Lipinski definition) is 3. The van der Waals surface area contributed by atoms with E-state index >= 15 is 0 Å². The second-order valence-electron chi connectivity index (χ2n) is 4.97. The van der Waals surface area contributed by atoms with Crippen LogP contribution in [0.1, 0.15) is 20.8 Å². The molecule has 0 aromatic carbocycles. The van der Waals surface area contributed by atoms with Crippen LogP contribution in [0.15, 0.2) is 12.2 Å². The molecular formula is C12H24O3Si. The van der Waals surface area contributed by atoms with Crippen molar-refractivity contribution in [2.45, 2.75) is 39.9 Å². The topological polar surface area (TPSA) is 35.5 Å². The number of carbonyl (C=O) groups is 1. The highest BCUT2D eigenvalue weighted by Gasteiger charge is 2.24. The van der Waals surface area contributed by atoms with Gasteiger partial charge >= 0.3 is 5.97 Å². The molecule has 0 aliphatic rings. The van der Waals surface area contributed by atoms with Crippen molar-refractivity contribution in [2.24, 2.45) is 5.92 Å². The lowest BCUT2D eigenvalue weighted by atomic mass is 10.3. The second-order valence-corrected chi connectivity index (χ2v) is 9.19. The van der Waals surface area contributed by atoms with Crippen LogP contribution in [0.3, 0.4) is 0 Å². The number of esters is 1. The summed E-state index contributed by atoms with van der Waals surface area (Å²) in [6, 6.07) is 1.09. The summed E-state index contributed by atoms with van der Waals surface area (Å²) in [6.07, 6.45) is 0. The van der Waals surface area contributed by atoms with Crippen molar-refractivity contribution >= 4 is 14.3 Å². The summed E-state index contributed by atoms with van der Waals surface area (Å²) < 4.78 is 10.7. The van der Waals surface area contributed by atoms with Gasteiger partial charge in [-0.2, -0.15) is 0 Å². The molecule has 0 aliphatic heterocycles. The Morgan fingerprint density at radius 2 is 1.94 bits per heavy atom. The summed E-state index contributed by atoms with van der Waals surface area (Å²) >= 11 is 0. The molecule has 0 bridgehead atoms. The van der Waals surface area contributed by atoms with Gasteiger partial charge in [-0.1, -0.05) is 20.4 Å². The highest BCUT2D eigenvalue weighted by Crippen LogP contribution is 2.18. The quantitative estimate of drug-likeness (QED) is 0.392. The third-order valence-corrected chi connectivity index (χ3v) is 4.83. The van der Waals surface area contributed by atoms with Crippen LogP contribution in [0, 0.1) is 5.92 Å². The zero-order valence-corrected chi connectivity index (χ0v) is 12.1. The molecule has 0 saturated carbocycles. The Labute approximate surface area is 100.0 Å². The molecule has 0 saturated heterocycles. The molecule has 0 spiro atoms. The van der Waals surface area contributed by atoms with Crippen LogP contribution in [0.5, 0.6) is 0 Å². The van der Waals surface area contributed by atoms with Gasteiger partial charge < -0.3 is 9.16 Å². The normalized spacial score (nSPS) is 11.6. The van der Waals surface area contributed by atoms with E-state index in [0.717, 1.165) is 6.04 Å². The Morgan fingerprint density at radius 3 is 2.38 bits per heavy atom. The van der Waals surface area contributed by atoms with Crippen molar-refractivity contribution in [3.8, 4) is 0 Å². The molecule has 16 heavy (non-hydrogen) atoms. The molecule has 0 heterocycles. The van der Waals surface area contributed by atoms with E-state index < -0.39 is 8.32 Å². The number of ether oxygens (including phenoxy) is 1. The Hall–Kier alpha value is -0.613. The minimum absolute atomic E-state index is 0.296. The molecule has 0 aromatic rings. The molecule has 0 amide bonds. The van der Waals surface area contributed by atoms with Crippen molar-refractivity contribution in [1.29, 1.82) is 0 Å². The van der Waals surface area contributed by atoms with Gasteiger partial charge in [-0.05, 0) is 32.0 Å². The Balaban J connectivity index is 4.04. The van der Waals surface area contributed by atoms with Crippen LogP contribution in [0.4, 0.5) is 0 Å². The molecule has 0 aliphatic carbocycles. The van der Waals surface area contributed by atoms with E-state index in [2.05, 4.69) is 33.5 Å². The van der Waals surface area contributed by atoms with Crippen LogP contribution in [-0.4, -0.2) is 27.5 Å². The van der Waals surface area contributed by atoms with E-state index in [9.17, 15) is 4.79 Å². The minimum atomic E-state index is -1.67. The van der Waals surface area contributed by atoms with Crippen molar-refractivity contribution in [1.82, 2.24) is 0 Å². The van der Waals surface area contributed by atoms with E-state index in [4.69, 9.17) is 9.16 Å². The molecule has 0 radical (unpaired) electrons. The largest absolute Gasteiger partial charge is 0.463 e. The maximum Gasteiger partial charge on any atom is 0.335 e. The average molecular weight is 244 g/mol. The fraction of sp³-hybridized carbons (Fsp3) is 0.750. The maximum absolute atomic E-state index is 11.3. The molecule has 0 N–H and O–H groups in total. The number of hydrogen-bond donors (Lipinski definition) is 0. The molecule has 0 fully saturated rings. The molecule has 0 atom stereocenters. The zero-order chi connectivity index (χ0) is 12.8. The van der Waals surface area contributed by atoms with Gasteiger partial charge in [0.25, 0.3) is 0 Å². The van der Waals surface area contributed by atoms with Crippen LogP contribution < -0.4 is 0 Å². The standard InChI is InChI=1S/C12H24O3Si/c1-7-14-12(13)11(4)8-15-16(5,6)9-10(2)3/h10H,4,7-9H2,1-3,5-6H3. The third kappa shape index (κ3) is 6.79. The predicted molar refractivity (Wildman–Crippen MR) is 68.9 cm³/mol. The van der Waals surface area contributed by atoms with Crippen molar-refractivity contribution in [2.75, 3.05) is 13.2 Å².